The highest BCUT2D eigenvalue weighted by Gasteiger charge is 2.41. The smallest absolute Gasteiger partial charge is 0.408 e. The van der Waals surface area contributed by atoms with E-state index in [4.69, 9.17) is 4.74 Å². The summed E-state index contributed by atoms with van der Waals surface area (Å²) in [6.07, 6.45) is -0.738. The molecule has 1 heterocycles. The highest BCUT2D eigenvalue weighted by molar-refractivity contribution is 5.94. The molecule has 0 saturated carbocycles. The lowest BCUT2D eigenvalue weighted by atomic mass is 10.0. The Hall–Kier alpha value is -1.79. The van der Waals surface area contributed by atoms with Gasteiger partial charge in [0.1, 0.15) is 17.6 Å². The van der Waals surface area contributed by atoms with E-state index < -0.39 is 35.5 Å². The first-order valence-corrected chi connectivity index (χ1v) is 5.59. The second-order valence-electron chi connectivity index (χ2n) is 5.00. The van der Waals surface area contributed by atoms with Crippen LogP contribution < -0.4 is 10.6 Å². The molecule has 0 aromatic carbocycles. The van der Waals surface area contributed by atoms with E-state index in [1.807, 2.05) is 0 Å². The van der Waals surface area contributed by atoms with Gasteiger partial charge in [0.15, 0.2) is 0 Å². The third-order valence-electron chi connectivity index (χ3n) is 2.36. The van der Waals surface area contributed by atoms with Gasteiger partial charge in [-0.2, -0.15) is 0 Å². The Labute approximate surface area is 105 Å². The predicted molar refractivity (Wildman–Crippen MR) is 61.7 cm³/mol. The van der Waals surface area contributed by atoms with E-state index in [2.05, 4.69) is 15.4 Å². The maximum atomic E-state index is 11.6. The van der Waals surface area contributed by atoms with E-state index >= 15 is 0 Å². The number of ether oxygens (including phenoxy) is 2. The normalized spacial score (nSPS) is 23.2. The van der Waals surface area contributed by atoms with Crippen LogP contribution in [-0.4, -0.2) is 43.3 Å². The maximum absolute atomic E-state index is 11.6. The Morgan fingerprint density at radius 1 is 1.39 bits per heavy atom. The molecule has 0 radical (unpaired) electrons. The monoisotopic (exact) mass is 258 g/mol. The van der Waals surface area contributed by atoms with E-state index in [1.54, 1.807) is 20.8 Å². The van der Waals surface area contributed by atoms with Gasteiger partial charge in [-0.25, -0.2) is 4.79 Å². The summed E-state index contributed by atoms with van der Waals surface area (Å²) in [5.41, 5.74) is -0.667. The molecule has 0 aliphatic carbocycles. The van der Waals surface area contributed by atoms with Gasteiger partial charge in [0.25, 0.3) is 0 Å². The number of carbonyl (C=O) groups is 3. The molecule has 102 valence electrons. The van der Waals surface area contributed by atoms with Gasteiger partial charge in [0, 0.05) is 6.54 Å². The molecule has 0 bridgehead atoms. The lowest BCUT2D eigenvalue weighted by Gasteiger charge is -2.22. The average Bonchev–Trinajstić information content (AvgIpc) is 2.57. The molecular weight excluding hydrogens is 240 g/mol. The lowest BCUT2D eigenvalue weighted by molar-refractivity contribution is -0.146. The van der Waals surface area contributed by atoms with Crippen molar-refractivity contribution >= 4 is 18.0 Å². The van der Waals surface area contributed by atoms with Crippen LogP contribution in [0.5, 0.6) is 0 Å². The van der Waals surface area contributed by atoms with E-state index in [0.29, 0.717) is 0 Å². The SMILES string of the molecule is COC(=O)[C@@H]1CNC(=O)[C@H]1NC(=O)OC(C)(C)C. The van der Waals surface area contributed by atoms with Gasteiger partial charge in [-0.3, -0.25) is 9.59 Å². The zero-order chi connectivity index (χ0) is 13.9. The molecule has 0 unspecified atom stereocenters. The number of hydrogen-bond donors (Lipinski definition) is 2. The van der Waals surface area contributed by atoms with Crippen LogP contribution in [0.2, 0.25) is 0 Å². The molecule has 2 amide bonds. The molecule has 1 aliphatic rings. The van der Waals surface area contributed by atoms with Crippen LogP contribution in [-0.2, 0) is 19.1 Å². The highest BCUT2D eigenvalue weighted by Crippen LogP contribution is 2.14. The van der Waals surface area contributed by atoms with E-state index in [-0.39, 0.29) is 6.54 Å². The van der Waals surface area contributed by atoms with Crippen molar-refractivity contribution in [2.24, 2.45) is 5.92 Å². The number of amides is 2. The Morgan fingerprint density at radius 3 is 2.50 bits per heavy atom. The third kappa shape index (κ3) is 3.61. The number of nitrogens with one attached hydrogen (secondary N) is 2. The van der Waals surface area contributed by atoms with Crippen molar-refractivity contribution in [3.8, 4) is 0 Å². The molecule has 1 saturated heterocycles. The van der Waals surface area contributed by atoms with Gasteiger partial charge in [0.2, 0.25) is 5.91 Å². The van der Waals surface area contributed by atoms with Gasteiger partial charge in [-0.15, -0.1) is 0 Å². The first-order valence-electron chi connectivity index (χ1n) is 5.59. The summed E-state index contributed by atoms with van der Waals surface area (Å²) in [4.78, 5) is 34.5. The van der Waals surface area contributed by atoms with Crippen molar-refractivity contribution in [1.29, 1.82) is 0 Å². The molecule has 0 aromatic heterocycles. The van der Waals surface area contributed by atoms with Crippen molar-refractivity contribution in [2.45, 2.75) is 32.4 Å². The van der Waals surface area contributed by atoms with Crippen LogP contribution >= 0.6 is 0 Å². The first-order chi connectivity index (χ1) is 8.24. The predicted octanol–water partition coefficient (Wildman–Crippen LogP) is -0.201. The number of carbonyl (C=O) groups excluding carboxylic acids is 3. The Bertz CT molecular complexity index is 361. The Kier molecular flexibility index (Phi) is 4.15. The summed E-state index contributed by atoms with van der Waals surface area (Å²) in [6.45, 7) is 5.27. The number of rotatable bonds is 2. The number of hydrogen-bond acceptors (Lipinski definition) is 5. The summed E-state index contributed by atoms with van der Waals surface area (Å²) in [5.74, 6) is -1.69. The minimum Gasteiger partial charge on any atom is -0.469 e. The second-order valence-corrected chi connectivity index (χ2v) is 5.00. The van der Waals surface area contributed by atoms with Crippen molar-refractivity contribution in [3.05, 3.63) is 0 Å². The molecule has 7 nitrogen and oxygen atoms in total. The summed E-state index contributed by atoms with van der Waals surface area (Å²) in [6, 6.07) is -0.952. The molecule has 1 aliphatic heterocycles. The fourth-order valence-electron chi connectivity index (χ4n) is 1.59. The first kappa shape index (κ1) is 14.3. The summed E-state index contributed by atoms with van der Waals surface area (Å²) in [5, 5.41) is 4.87. The van der Waals surface area contributed by atoms with Crippen molar-refractivity contribution in [2.75, 3.05) is 13.7 Å². The molecule has 1 fully saturated rings. The van der Waals surface area contributed by atoms with Crippen LogP contribution in [0, 0.1) is 5.92 Å². The van der Waals surface area contributed by atoms with Gasteiger partial charge in [-0.05, 0) is 20.8 Å². The van der Waals surface area contributed by atoms with E-state index in [0.717, 1.165) is 0 Å². The third-order valence-corrected chi connectivity index (χ3v) is 2.36. The molecule has 2 N–H and O–H groups in total. The maximum Gasteiger partial charge on any atom is 0.408 e. The Morgan fingerprint density at radius 2 is 2.00 bits per heavy atom. The fourth-order valence-corrected chi connectivity index (χ4v) is 1.59. The van der Waals surface area contributed by atoms with Crippen LogP contribution in [0.25, 0.3) is 0 Å². The van der Waals surface area contributed by atoms with Crippen LogP contribution in [0.1, 0.15) is 20.8 Å². The fraction of sp³-hybridized carbons (Fsp3) is 0.727. The summed E-state index contributed by atoms with van der Waals surface area (Å²) < 4.78 is 9.60. The Balaban J connectivity index is 2.65. The molecule has 18 heavy (non-hydrogen) atoms. The van der Waals surface area contributed by atoms with Crippen LogP contribution in [0.4, 0.5) is 4.79 Å². The molecule has 0 spiro atoms. The minimum absolute atomic E-state index is 0.145. The highest BCUT2D eigenvalue weighted by atomic mass is 16.6. The minimum atomic E-state index is -0.952. The second kappa shape index (κ2) is 5.24. The van der Waals surface area contributed by atoms with E-state index in [9.17, 15) is 14.4 Å². The van der Waals surface area contributed by atoms with Crippen molar-refractivity contribution in [3.63, 3.8) is 0 Å². The van der Waals surface area contributed by atoms with Crippen LogP contribution in [0.15, 0.2) is 0 Å². The molecule has 0 aromatic rings. The quantitative estimate of drug-likeness (QED) is 0.669. The standard InChI is InChI=1S/C11H18N2O5/c1-11(2,3)18-10(16)13-7-6(9(15)17-4)5-12-8(7)14/h6-7H,5H2,1-4H3,(H,12,14)(H,13,16)/t6-,7+/m1/s1. The summed E-state index contributed by atoms with van der Waals surface area (Å²) in [7, 11) is 1.23. The van der Waals surface area contributed by atoms with Gasteiger partial charge in [0.05, 0.1) is 7.11 Å². The van der Waals surface area contributed by atoms with Gasteiger partial charge in [-0.1, -0.05) is 0 Å². The topological polar surface area (TPSA) is 93.7 Å². The van der Waals surface area contributed by atoms with Crippen molar-refractivity contribution in [1.82, 2.24) is 10.6 Å². The molecule has 1 rings (SSSR count). The lowest BCUT2D eigenvalue weighted by Crippen LogP contribution is -2.47. The average molecular weight is 258 g/mol. The van der Waals surface area contributed by atoms with E-state index in [1.165, 1.54) is 7.11 Å². The number of alkyl carbamates (subject to hydrolysis) is 1. The summed E-state index contributed by atoms with van der Waals surface area (Å²) >= 11 is 0. The largest absolute Gasteiger partial charge is 0.469 e. The zero-order valence-electron chi connectivity index (χ0n) is 10.9. The number of esters is 1. The zero-order valence-corrected chi connectivity index (χ0v) is 10.9. The van der Waals surface area contributed by atoms with Crippen LogP contribution in [0.3, 0.4) is 0 Å². The van der Waals surface area contributed by atoms with Crippen molar-refractivity contribution < 1.29 is 23.9 Å². The van der Waals surface area contributed by atoms with Gasteiger partial charge < -0.3 is 20.1 Å². The molecule has 7 heteroatoms. The molecular formula is C11H18N2O5. The van der Waals surface area contributed by atoms with Gasteiger partial charge >= 0.3 is 12.1 Å². The number of methoxy groups -OCH3 is 1. The molecule has 2 atom stereocenters.